The topological polar surface area (TPSA) is 172 Å². The Balaban J connectivity index is 0.000000745. The van der Waals surface area contributed by atoms with Gasteiger partial charge in [0.2, 0.25) is 10.0 Å². The predicted octanol–water partition coefficient (Wildman–Crippen LogP) is 5.83. The van der Waals surface area contributed by atoms with Crippen LogP contribution in [0.1, 0.15) is 50.9 Å². The van der Waals surface area contributed by atoms with Crippen molar-refractivity contribution in [1.29, 1.82) is 0 Å². The summed E-state index contributed by atoms with van der Waals surface area (Å²) in [6, 6.07) is 11.4. The number of unbranched alkanes of at least 4 members (excludes halogenated alkanes) is 2. The average Bonchev–Trinajstić information content (AvgIpc) is 3.38. The van der Waals surface area contributed by atoms with Crippen molar-refractivity contribution in [2.75, 3.05) is 0 Å². The molecule has 11 nitrogen and oxygen atoms in total. The Morgan fingerprint density at radius 2 is 1.80 bits per heavy atom. The molecule has 222 valence electrons. The third-order valence-electron chi connectivity index (χ3n) is 5.46. The molecule has 1 atom stereocenters. The maximum Gasteiger partial charge on any atom is 0.490 e. The second-order valence-corrected chi connectivity index (χ2v) is 10.9. The number of imidazole rings is 1. The summed E-state index contributed by atoms with van der Waals surface area (Å²) in [6.45, 7) is 1.54. The van der Waals surface area contributed by atoms with Crippen molar-refractivity contribution in [3.63, 3.8) is 0 Å². The number of alkyl halides is 3. The molecule has 0 radical (unpaired) electrons. The Morgan fingerprint density at radius 3 is 2.39 bits per heavy atom. The quantitative estimate of drug-likeness (QED) is 0.129. The number of hydrogen-bond donors (Lipinski definition) is 3. The lowest BCUT2D eigenvalue weighted by atomic mass is 10.1. The number of benzene rings is 2. The van der Waals surface area contributed by atoms with Gasteiger partial charge in [0.05, 0.1) is 27.8 Å². The Hall–Kier alpha value is -3.82. The molecule has 16 heteroatoms. The minimum absolute atomic E-state index is 0.111. The zero-order valence-electron chi connectivity index (χ0n) is 21.5. The Morgan fingerprint density at radius 1 is 1.15 bits per heavy atom. The maximum absolute atomic E-state index is 13.1. The molecule has 3 N–H and O–H groups in total. The summed E-state index contributed by atoms with van der Waals surface area (Å²) in [5, 5.41) is 18.8. The lowest BCUT2D eigenvalue weighted by Crippen LogP contribution is -2.29. The molecule has 0 fully saturated rings. The fourth-order valence-electron chi connectivity index (χ4n) is 3.49. The highest BCUT2D eigenvalue weighted by Crippen LogP contribution is 2.26. The number of nitrogens with zero attached hydrogens (tertiary/aromatic N) is 2. The van der Waals surface area contributed by atoms with Crippen molar-refractivity contribution in [1.82, 2.24) is 14.7 Å². The van der Waals surface area contributed by atoms with Crippen LogP contribution < -0.4 is 4.72 Å². The number of nitro benzene ring substituents is 1. The zero-order valence-corrected chi connectivity index (χ0v) is 23.1. The van der Waals surface area contributed by atoms with Gasteiger partial charge in [0, 0.05) is 29.1 Å². The van der Waals surface area contributed by atoms with E-state index in [2.05, 4.69) is 14.7 Å². The van der Waals surface area contributed by atoms with E-state index in [-0.39, 0.29) is 16.4 Å². The smallest absolute Gasteiger partial charge is 0.475 e. The summed E-state index contributed by atoms with van der Waals surface area (Å²) < 4.78 is 60.5. The number of Topliss-reactive ketones (excluding diaryl/α,β-unsaturated/α-hetero) is 1. The first-order valence-corrected chi connectivity index (χ1v) is 13.8. The molecule has 0 spiro atoms. The number of hydrogen-bond acceptors (Lipinski definition) is 7. The fourth-order valence-corrected chi connectivity index (χ4v) is 4.95. The van der Waals surface area contributed by atoms with Crippen LogP contribution in [0.25, 0.3) is 11.3 Å². The minimum Gasteiger partial charge on any atom is -0.475 e. The van der Waals surface area contributed by atoms with E-state index >= 15 is 0 Å². The summed E-state index contributed by atoms with van der Waals surface area (Å²) in [4.78, 5) is 37.9. The van der Waals surface area contributed by atoms with Crippen LogP contribution in [-0.2, 0) is 19.6 Å². The van der Waals surface area contributed by atoms with Crippen molar-refractivity contribution in [2.45, 2.75) is 56.1 Å². The summed E-state index contributed by atoms with van der Waals surface area (Å²) in [5.41, 5.74) is 1.16. The molecule has 3 rings (SSSR count). The molecule has 0 amide bonds. The highest BCUT2D eigenvalue weighted by molar-refractivity contribution is 7.89. The lowest BCUT2D eigenvalue weighted by molar-refractivity contribution is -0.385. The first-order chi connectivity index (χ1) is 19.1. The van der Waals surface area contributed by atoms with Crippen LogP contribution in [-0.4, -0.2) is 46.3 Å². The largest absolute Gasteiger partial charge is 0.490 e. The van der Waals surface area contributed by atoms with E-state index in [1.165, 1.54) is 25.1 Å². The van der Waals surface area contributed by atoms with Gasteiger partial charge in [-0.05, 0) is 38.0 Å². The van der Waals surface area contributed by atoms with Gasteiger partial charge in [0.1, 0.15) is 11.6 Å². The lowest BCUT2D eigenvalue weighted by Gasteiger charge is -2.17. The molecule has 0 aliphatic carbocycles. The highest BCUT2D eigenvalue weighted by Gasteiger charge is 2.38. The zero-order chi connectivity index (χ0) is 30.8. The SMILES string of the molecule is CC(=O)CCCCC[C@H](NS(=O)(=O)c1cccc([N+](=O)[O-])c1)c1ncc(-c2cccc(Cl)c2)[nH]1.O=C(O)C(F)(F)F. The van der Waals surface area contributed by atoms with Gasteiger partial charge in [-0.2, -0.15) is 13.2 Å². The van der Waals surface area contributed by atoms with E-state index in [9.17, 15) is 36.5 Å². The van der Waals surface area contributed by atoms with Gasteiger partial charge in [0.25, 0.3) is 5.69 Å². The third kappa shape index (κ3) is 10.9. The molecule has 1 heterocycles. The van der Waals surface area contributed by atoms with Crippen molar-refractivity contribution in [3.05, 3.63) is 75.7 Å². The van der Waals surface area contributed by atoms with Crippen molar-refractivity contribution in [2.24, 2.45) is 0 Å². The van der Waals surface area contributed by atoms with Crippen molar-refractivity contribution >= 4 is 39.1 Å². The molecule has 0 unspecified atom stereocenters. The number of rotatable bonds is 12. The molecule has 3 aromatic rings. The number of nitro groups is 1. The molecular weight excluding hydrogens is 593 g/mol. The molecule has 0 aliphatic rings. The number of carboxylic acids is 1. The first-order valence-electron chi connectivity index (χ1n) is 12.0. The van der Waals surface area contributed by atoms with Gasteiger partial charge in [-0.1, -0.05) is 42.6 Å². The number of nitrogens with one attached hydrogen (secondary N) is 2. The molecule has 0 saturated carbocycles. The van der Waals surface area contributed by atoms with Gasteiger partial charge in [-0.15, -0.1) is 0 Å². The van der Waals surface area contributed by atoms with Gasteiger partial charge >= 0.3 is 12.1 Å². The molecule has 41 heavy (non-hydrogen) atoms. The summed E-state index contributed by atoms with van der Waals surface area (Å²) in [5.74, 6) is -2.23. The number of ketones is 1. The number of halogens is 4. The number of sulfonamides is 1. The number of carbonyl (C=O) groups excluding carboxylic acids is 1. The van der Waals surface area contributed by atoms with E-state index in [1.807, 2.05) is 6.07 Å². The van der Waals surface area contributed by atoms with Gasteiger partial charge < -0.3 is 14.9 Å². The summed E-state index contributed by atoms with van der Waals surface area (Å²) in [6.07, 6.45) is -0.464. The number of carbonyl (C=O) groups is 2. The Labute approximate surface area is 238 Å². The van der Waals surface area contributed by atoms with Crippen LogP contribution in [0, 0.1) is 10.1 Å². The second-order valence-electron chi connectivity index (χ2n) is 8.73. The summed E-state index contributed by atoms with van der Waals surface area (Å²) >= 11 is 6.08. The summed E-state index contributed by atoms with van der Waals surface area (Å²) in [7, 11) is -4.07. The van der Waals surface area contributed by atoms with Crippen LogP contribution in [0.5, 0.6) is 0 Å². The first kappa shape index (κ1) is 33.4. The van der Waals surface area contributed by atoms with Crippen molar-refractivity contribution < 1.29 is 41.2 Å². The van der Waals surface area contributed by atoms with Gasteiger partial charge in [0.15, 0.2) is 0 Å². The van der Waals surface area contributed by atoms with E-state index in [1.54, 1.807) is 24.4 Å². The van der Waals surface area contributed by atoms with Crippen LogP contribution in [0.3, 0.4) is 0 Å². The Bertz CT molecular complexity index is 1480. The van der Waals surface area contributed by atoms with Gasteiger partial charge in [-0.3, -0.25) is 10.1 Å². The molecule has 0 bridgehead atoms. The fraction of sp³-hybridized carbons (Fsp3) is 0.320. The van der Waals surface area contributed by atoms with Crippen molar-refractivity contribution in [3.8, 4) is 11.3 Å². The predicted molar refractivity (Wildman–Crippen MR) is 143 cm³/mol. The molecule has 0 saturated heterocycles. The number of aromatic amines is 1. The van der Waals surface area contributed by atoms with Gasteiger partial charge in [-0.25, -0.2) is 22.9 Å². The number of H-pyrrole nitrogens is 1. The normalized spacial score (nSPS) is 12.2. The molecular formula is C25H26ClF3N4O7S. The number of aromatic nitrogens is 2. The minimum atomic E-state index is -5.08. The second kappa shape index (κ2) is 14.7. The molecule has 1 aromatic heterocycles. The maximum atomic E-state index is 13.1. The number of carboxylic acid groups (broad SMARTS) is 1. The monoisotopic (exact) mass is 618 g/mol. The van der Waals surface area contributed by atoms with Crippen LogP contribution in [0.15, 0.2) is 59.6 Å². The molecule has 0 aliphatic heterocycles. The standard InChI is InChI=1S/C23H25ClN4O5S.C2HF3O2/c1-16(29)7-3-2-4-12-21(23-25-15-22(26-23)17-8-5-9-18(24)13-17)27-34(32,33)20-11-6-10-19(14-20)28(30)31;3-2(4,5)1(6)7/h5-6,8-11,13-15,21,27H,2-4,7,12H2,1H3,(H,25,26);(H,6,7)/t21-;/m0./s1. The van der Waals surface area contributed by atoms with E-state index in [0.29, 0.717) is 42.2 Å². The number of aliphatic carboxylic acids is 1. The van der Waals surface area contributed by atoms with Crippen LogP contribution in [0.2, 0.25) is 5.02 Å². The van der Waals surface area contributed by atoms with E-state index in [0.717, 1.165) is 18.1 Å². The van der Waals surface area contributed by atoms with Crippen LogP contribution >= 0.6 is 11.6 Å². The van der Waals surface area contributed by atoms with E-state index in [4.69, 9.17) is 21.5 Å². The number of non-ortho nitro benzene ring substituents is 1. The van der Waals surface area contributed by atoms with Crippen LogP contribution in [0.4, 0.5) is 18.9 Å². The van der Waals surface area contributed by atoms with E-state index < -0.39 is 33.1 Å². The Kier molecular flexibility index (Phi) is 12.0. The molecule has 2 aromatic carbocycles. The average molecular weight is 619 g/mol. The highest BCUT2D eigenvalue weighted by atomic mass is 35.5. The third-order valence-corrected chi connectivity index (χ3v) is 7.17.